The second kappa shape index (κ2) is 10.5. The van der Waals surface area contributed by atoms with E-state index in [1.807, 2.05) is 40.7 Å². The highest BCUT2D eigenvalue weighted by molar-refractivity contribution is 6.00. The van der Waals surface area contributed by atoms with E-state index in [0.717, 1.165) is 41.2 Å². The lowest BCUT2D eigenvalue weighted by Crippen LogP contribution is -2.40. The van der Waals surface area contributed by atoms with Gasteiger partial charge in [0, 0.05) is 5.56 Å². The molecule has 6 heteroatoms. The number of aryl methyl sites for hydroxylation is 2. The van der Waals surface area contributed by atoms with E-state index >= 15 is 0 Å². The van der Waals surface area contributed by atoms with Crippen LogP contribution in [0.15, 0.2) is 35.6 Å². The average Bonchev–Trinajstić information content (AvgIpc) is 3.13. The number of hydrogen-bond donors (Lipinski definition) is 1. The molecular formula is C25H35NO5. The van der Waals surface area contributed by atoms with Gasteiger partial charge in [-0.3, -0.25) is 9.63 Å². The highest BCUT2D eigenvalue weighted by Crippen LogP contribution is 2.53. The Labute approximate surface area is 185 Å². The SMILES string of the molecule is C/C=C1\C(=C/C)N(OC(=O)O)C(=O)C12COc1cc3c(cc12)CCCCC3.CC.CC. The molecule has 0 bridgehead atoms. The Morgan fingerprint density at radius 2 is 1.68 bits per heavy atom. The van der Waals surface area contributed by atoms with Crippen molar-refractivity contribution in [3.05, 3.63) is 52.2 Å². The molecule has 0 saturated carbocycles. The van der Waals surface area contributed by atoms with Gasteiger partial charge in [-0.1, -0.05) is 52.3 Å². The number of allylic oxidation sites excluding steroid dienone is 3. The molecule has 1 atom stereocenters. The molecule has 0 aromatic heterocycles. The van der Waals surface area contributed by atoms with E-state index in [2.05, 4.69) is 12.1 Å². The van der Waals surface area contributed by atoms with Crippen LogP contribution in [0.1, 0.15) is 77.5 Å². The second-order valence-corrected chi connectivity index (χ2v) is 7.20. The molecule has 31 heavy (non-hydrogen) atoms. The predicted molar refractivity (Wildman–Crippen MR) is 121 cm³/mol. The highest BCUT2D eigenvalue weighted by Gasteiger charge is 2.60. The number of nitrogens with zero attached hydrogens (tertiary/aromatic N) is 1. The molecule has 1 aromatic rings. The fourth-order valence-electron chi connectivity index (χ4n) is 4.62. The van der Waals surface area contributed by atoms with Gasteiger partial charge in [-0.2, -0.15) is 0 Å². The number of ether oxygens (including phenoxy) is 1. The zero-order valence-corrected chi connectivity index (χ0v) is 19.6. The van der Waals surface area contributed by atoms with Crippen molar-refractivity contribution >= 4 is 12.1 Å². The second-order valence-electron chi connectivity index (χ2n) is 7.20. The van der Waals surface area contributed by atoms with Gasteiger partial charge in [0.25, 0.3) is 5.91 Å². The fourth-order valence-corrected chi connectivity index (χ4v) is 4.62. The quantitative estimate of drug-likeness (QED) is 0.559. The largest absolute Gasteiger partial charge is 0.531 e. The molecule has 1 aliphatic carbocycles. The van der Waals surface area contributed by atoms with Gasteiger partial charge in [0.05, 0.1) is 5.70 Å². The van der Waals surface area contributed by atoms with Crippen LogP contribution in [0.2, 0.25) is 0 Å². The maximum Gasteiger partial charge on any atom is 0.531 e. The monoisotopic (exact) mass is 429 g/mol. The topological polar surface area (TPSA) is 76.1 Å². The van der Waals surface area contributed by atoms with E-state index in [-0.39, 0.29) is 6.61 Å². The summed E-state index contributed by atoms with van der Waals surface area (Å²) >= 11 is 0. The Kier molecular flexibility index (Phi) is 8.31. The molecule has 1 unspecified atom stereocenters. The lowest BCUT2D eigenvalue weighted by atomic mass is 9.75. The van der Waals surface area contributed by atoms with E-state index in [1.165, 1.54) is 24.0 Å². The molecule has 4 rings (SSSR count). The summed E-state index contributed by atoms with van der Waals surface area (Å²) in [6.07, 6.45) is 7.55. The van der Waals surface area contributed by atoms with Crippen LogP contribution in [0.25, 0.3) is 0 Å². The van der Waals surface area contributed by atoms with Gasteiger partial charge in [0.2, 0.25) is 0 Å². The molecule has 3 aliphatic rings. The summed E-state index contributed by atoms with van der Waals surface area (Å²) in [6.45, 7) is 11.8. The smallest absolute Gasteiger partial charge is 0.491 e. The first-order chi connectivity index (χ1) is 15.0. The Morgan fingerprint density at radius 1 is 1.06 bits per heavy atom. The number of fused-ring (bicyclic) bond motifs is 3. The van der Waals surface area contributed by atoms with Crippen molar-refractivity contribution < 1.29 is 24.3 Å². The molecule has 0 radical (unpaired) electrons. The van der Waals surface area contributed by atoms with E-state index in [0.29, 0.717) is 5.70 Å². The molecule has 1 N–H and O–H groups in total. The third-order valence-electron chi connectivity index (χ3n) is 5.83. The van der Waals surface area contributed by atoms with Crippen LogP contribution in [0, 0.1) is 0 Å². The van der Waals surface area contributed by atoms with Crippen LogP contribution in [0.4, 0.5) is 4.79 Å². The van der Waals surface area contributed by atoms with Gasteiger partial charge < -0.3 is 9.84 Å². The molecule has 1 amide bonds. The predicted octanol–water partition coefficient (Wildman–Crippen LogP) is 5.94. The molecule has 1 aromatic carbocycles. The maximum atomic E-state index is 13.4. The zero-order valence-electron chi connectivity index (χ0n) is 19.6. The van der Waals surface area contributed by atoms with E-state index in [4.69, 9.17) is 14.7 Å². The third-order valence-corrected chi connectivity index (χ3v) is 5.83. The number of amides is 1. The fraction of sp³-hybridized carbons (Fsp3) is 0.520. The van der Waals surface area contributed by atoms with E-state index in [1.54, 1.807) is 13.0 Å². The molecule has 170 valence electrons. The molecule has 1 spiro atoms. The summed E-state index contributed by atoms with van der Waals surface area (Å²) in [4.78, 5) is 29.3. The van der Waals surface area contributed by atoms with Crippen molar-refractivity contribution in [2.24, 2.45) is 0 Å². The van der Waals surface area contributed by atoms with Gasteiger partial charge in [0.1, 0.15) is 17.8 Å². The standard InChI is InChI=1S/C21H23NO5.2C2H6/c1-3-15-17(4-2)22(27-20(24)25)19(23)21(15)12-26-18-11-14-9-7-5-6-8-13(14)10-16(18)21;2*1-2/h3-4,10-11H,5-9,12H2,1-2H3,(H,24,25);2*1-2H3/b15-3+,17-4+;;. The van der Waals surface area contributed by atoms with E-state index in [9.17, 15) is 9.59 Å². The van der Waals surface area contributed by atoms with Crippen molar-refractivity contribution in [2.75, 3.05) is 6.61 Å². The van der Waals surface area contributed by atoms with Crippen molar-refractivity contribution in [1.82, 2.24) is 5.06 Å². The molecule has 2 aliphatic heterocycles. The Balaban J connectivity index is 0.000000807. The lowest BCUT2D eigenvalue weighted by molar-refractivity contribution is -0.160. The number of rotatable bonds is 1. The maximum absolute atomic E-state index is 13.4. The summed E-state index contributed by atoms with van der Waals surface area (Å²) < 4.78 is 5.97. The number of hydrogen-bond acceptors (Lipinski definition) is 4. The molecule has 1 fully saturated rings. The van der Waals surface area contributed by atoms with Gasteiger partial charge in [-0.15, -0.1) is 5.06 Å². The minimum Gasteiger partial charge on any atom is -0.491 e. The van der Waals surface area contributed by atoms with Crippen molar-refractivity contribution in [2.45, 2.75) is 79.1 Å². The van der Waals surface area contributed by atoms with Crippen molar-refractivity contribution in [3.8, 4) is 5.75 Å². The first-order valence-electron chi connectivity index (χ1n) is 11.4. The van der Waals surface area contributed by atoms with Crippen LogP contribution in [0.3, 0.4) is 0 Å². The first kappa shape index (κ1) is 24.5. The number of benzene rings is 1. The summed E-state index contributed by atoms with van der Waals surface area (Å²) in [5, 5.41) is 9.98. The van der Waals surface area contributed by atoms with Crippen LogP contribution in [-0.4, -0.2) is 28.8 Å². The van der Waals surface area contributed by atoms with Gasteiger partial charge in [0.15, 0.2) is 0 Å². The summed E-state index contributed by atoms with van der Waals surface area (Å²) in [5.41, 5.74) is 3.50. The van der Waals surface area contributed by atoms with Gasteiger partial charge >= 0.3 is 6.16 Å². The molecule has 2 heterocycles. The Bertz CT molecular complexity index is 886. The summed E-state index contributed by atoms with van der Waals surface area (Å²) in [7, 11) is 0. The average molecular weight is 430 g/mol. The van der Waals surface area contributed by atoms with E-state index < -0.39 is 17.5 Å². The van der Waals surface area contributed by atoms with Crippen LogP contribution in [-0.2, 0) is 27.9 Å². The van der Waals surface area contributed by atoms with Crippen LogP contribution >= 0.6 is 0 Å². The molecule has 6 nitrogen and oxygen atoms in total. The van der Waals surface area contributed by atoms with Crippen LogP contribution < -0.4 is 4.74 Å². The first-order valence-corrected chi connectivity index (χ1v) is 11.4. The number of carbonyl (C=O) groups excluding carboxylic acids is 1. The molecular weight excluding hydrogens is 394 g/mol. The van der Waals surface area contributed by atoms with Crippen LogP contribution in [0.5, 0.6) is 5.75 Å². The minimum atomic E-state index is -1.52. The Morgan fingerprint density at radius 3 is 2.23 bits per heavy atom. The summed E-state index contributed by atoms with van der Waals surface area (Å²) in [6, 6.07) is 4.17. The number of hydroxylamine groups is 2. The van der Waals surface area contributed by atoms with Crippen molar-refractivity contribution in [1.29, 1.82) is 0 Å². The van der Waals surface area contributed by atoms with Gasteiger partial charge in [-0.25, -0.2) is 4.79 Å². The normalized spacial score (nSPS) is 23.8. The Hall–Kier alpha value is -2.76. The highest BCUT2D eigenvalue weighted by atomic mass is 16.8. The minimum absolute atomic E-state index is 0.153. The zero-order chi connectivity index (χ0) is 23.2. The summed E-state index contributed by atoms with van der Waals surface area (Å²) in [5.74, 6) is 0.300. The molecule has 1 saturated heterocycles. The van der Waals surface area contributed by atoms with Crippen molar-refractivity contribution in [3.63, 3.8) is 0 Å². The number of carbonyl (C=O) groups is 2. The number of carboxylic acid groups (broad SMARTS) is 1. The van der Waals surface area contributed by atoms with Gasteiger partial charge in [-0.05, 0) is 62.3 Å². The lowest BCUT2D eigenvalue weighted by Gasteiger charge is -2.21. The third kappa shape index (κ3) is 4.08.